The first-order valence-corrected chi connectivity index (χ1v) is 7.10. The maximum atomic E-state index is 5.88. The van der Waals surface area contributed by atoms with Gasteiger partial charge in [-0.05, 0) is 53.7 Å². The van der Waals surface area contributed by atoms with Crippen molar-refractivity contribution in [2.75, 3.05) is 6.54 Å². The Labute approximate surface area is 103 Å². The van der Waals surface area contributed by atoms with Crippen molar-refractivity contribution in [3.05, 3.63) is 20.8 Å². The fourth-order valence-corrected chi connectivity index (χ4v) is 3.57. The molecular weight excluding hydrogens is 272 g/mol. The quantitative estimate of drug-likeness (QED) is 0.894. The van der Waals surface area contributed by atoms with Crippen LogP contribution in [-0.4, -0.2) is 12.6 Å². The summed E-state index contributed by atoms with van der Waals surface area (Å²) in [5.74, 6) is 0.795. The Morgan fingerprint density at radius 3 is 3.00 bits per heavy atom. The first-order chi connectivity index (χ1) is 7.24. The van der Waals surface area contributed by atoms with Gasteiger partial charge in [-0.1, -0.05) is 0 Å². The third kappa shape index (κ3) is 3.55. The molecule has 3 N–H and O–H groups in total. The molecule has 1 fully saturated rings. The van der Waals surface area contributed by atoms with Crippen LogP contribution in [-0.2, 0) is 6.54 Å². The summed E-state index contributed by atoms with van der Waals surface area (Å²) in [5.41, 5.74) is 5.88. The van der Waals surface area contributed by atoms with E-state index in [4.69, 9.17) is 5.73 Å². The summed E-state index contributed by atoms with van der Waals surface area (Å²) < 4.78 is 1.19. The second kappa shape index (κ2) is 5.43. The highest BCUT2D eigenvalue weighted by Gasteiger charge is 2.20. The van der Waals surface area contributed by atoms with Crippen LogP contribution in [0.25, 0.3) is 0 Å². The monoisotopic (exact) mass is 288 g/mol. The molecule has 15 heavy (non-hydrogen) atoms. The lowest BCUT2D eigenvalue weighted by Gasteiger charge is -2.09. The van der Waals surface area contributed by atoms with Crippen molar-refractivity contribution in [1.82, 2.24) is 5.32 Å². The molecular formula is C11H17BrN2S. The minimum absolute atomic E-state index is 0.452. The van der Waals surface area contributed by atoms with Crippen molar-refractivity contribution in [2.24, 2.45) is 11.7 Å². The Balaban J connectivity index is 1.67. The van der Waals surface area contributed by atoms with E-state index in [1.165, 1.54) is 28.6 Å². The van der Waals surface area contributed by atoms with E-state index in [9.17, 15) is 0 Å². The molecule has 0 amide bonds. The van der Waals surface area contributed by atoms with Gasteiger partial charge in [0.05, 0.1) is 0 Å². The first-order valence-electron chi connectivity index (χ1n) is 5.43. The van der Waals surface area contributed by atoms with Crippen LogP contribution in [0.1, 0.15) is 24.1 Å². The molecule has 0 bridgehead atoms. The number of rotatable bonds is 4. The zero-order valence-corrected chi connectivity index (χ0v) is 11.1. The molecule has 2 atom stereocenters. The van der Waals surface area contributed by atoms with Crippen molar-refractivity contribution < 1.29 is 0 Å². The van der Waals surface area contributed by atoms with E-state index < -0.39 is 0 Å². The minimum Gasteiger partial charge on any atom is -0.328 e. The SMILES string of the molecule is NC1CCC(CNCc2cc(Br)cs2)C1. The average Bonchev–Trinajstić information content (AvgIpc) is 2.76. The zero-order valence-electron chi connectivity index (χ0n) is 8.71. The molecule has 0 saturated heterocycles. The summed E-state index contributed by atoms with van der Waals surface area (Å²) in [4.78, 5) is 1.39. The van der Waals surface area contributed by atoms with Gasteiger partial charge in [0.1, 0.15) is 0 Å². The van der Waals surface area contributed by atoms with Crippen molar-refractivity contribution in [1.29, 1.82) is 0 Å². The van der Waals surface area contributed by atoms with E-state index in [0.29, 0.717) is 6.04 Å². The smallest absolute Gasteiger partial charge is 0.0300 e. The predicted octanol–water partition coefficient (Wildman–Crippen LogP) is 2.73. The number of halogens is 1. The maximum absolute atomic E-state index is 5.88. The number of thiophene rings is 1. The Kier molecular flexibility index (Phi) is 4.20. The lowest BCUT2D eigenvalue weighted by atomic mass is 10.1. The van der Waals surface area contributed by atoms with E-state index in [-0.39, 0.29) is 0 Å². The highest BCUT2D eigenvalue weighted by atomic mass is 79.9. The van der Waals surface area contributed by atoms with Gasteiger partial charge < -0.3 is 11.1 Å². The van der Waals surface area contributed by atoms with Crippen molar-refractivity contribution >= 4 is 27.3 Å². The molecule has 1 saturated carbocycles. The minimum atomic E-state index is 0.452. The molecule has 0 radical (unpaired) electrons. The molecule has 1 aliphatic rings. The van der Waals surface area contributed by atoms with Gasteiger partial charge in [0.2, 0.25) is 0 Å². The lowest BCUT2D eigenvalue weighted by molar-refractivity contribution is 0.484. The van der Waals surface area contributed by atoms with Gasteiger partial charge in [-0.25, -0.2) is 0 Å². The standard InChI is InChI=1S/C11H17BrN2S/c12-9-4-11(15-7-9)6-14-5-8-1-2-10(13)3-8/h4,7-8,10,14H,1-3,5-6,13H2. The molecule has 1 aliphatic carbocycles. The summed E-state index contributed by atoms with van der Waals surface area (Å²) in [5, 5.41) is 5.64. The fourth-order valence-electron chi connectivity index (χ4n) is 2.15. The van der Waals surface area contributed by atoms with Crippen LogP contribution in [0.3, 0.4) is 0 Å². The third-order valence-electron chi connectivity index (χ3n) is 2.94. The lowest BCUT2D eigenvalue weighted by Crippen LogP contribution is -2.22. The van der Waals surface area contributed by atoms with Crippen molar-refractivity contribution in [3.63, 3.8) is 0 Å². The molecule has 1 aromatic rings. The van der Waals surface area contributed by atoms with Gasteiger partial charge in [-0.2, -0.15) is 0 Å². The fraction of sp³-hybridized carbons (Fsp3) is 0.636. The molecule has 0 aliphatic heterocycles. The molecule has 1 heterocycles. The second-order valence-electron chi connectivity index (χ2n) is 4.30. The molecule has 2 nitrogen and oxygen atoms in total. The number of hydrogen-bond donors (Lipinski definition) is 2. The summed E-state index contributed by atoms with van der Waals surface area (Å²) in [6, 6.07) is 2.63. The summed E-state index contributed by atoms with van der Waals surface area (Å²) in [6.45, 7) is 2.10. The van der Waals surface area contributed by atoms with E-state index >= 15 is 0 Å². The molecule has 84 valence electrons. The van der Waals surface area contributed by atoms with Gasteiger partial charge in [0, 0.05) is 27.3 Å². The maximum Gasteiger partial charge on any atom is 0.0300 e. The highest BCUT2D eigenvalue weighted by Crippen LogP contribution is 2.24. The number of hydrogen-bond acceptors (Lipinski definition) is 3. The first kappa shape index (κ1) is 11.6. The number of nitrogens with one attached hydrogen (secondary N) is 1. The van der Waals surface area contributed by atoms with Gasteiger partial charge in [-0.15, -0.1) is 11.3 Å². The van der Waals surface area contributed by atoms with Crippen LogP contribution in [0.15, 0.2) is 15.9 Å². The molecule has 2 rings (SSSR count). The normalized spacial score (nSPS) is 26.0. The summed E-state index contributed by atoms with van der Waals surface area (Å²) in [7, 11) is 0. The Bertz CT molecular complexity index is 313. The molecule has 1 aromatic heterocycles. The number of nitrogens with two attached hydrogens (primary N) is 1. The summed E-state index contributed by atoms with van der Waals surface area (Å²) >= 11 is 5.26. The molecule has 4 heteroatoms. The second-order valence-corrected chi connectivity index (χ2v) is 6.21. The zero-order chi connectivity index (χ0) is 10.7. The van der Waals surface area contributed by atoms with Crippen LogP contribution in [0, 0.1) is 5.92 Å². The van der Waals surface area contributed by atoms with E-state index in [1.54, 1.807) is 11.3 Å². The van der Waals surface area contributed by atoms with Crippen LogP contribution in [0.2, 0.25) is 0 Å². The van der Waals surface area contributed by atoms with Crippen molar-refractivity contribution in [3.8, 4) is 0 Å². The van der Waals surface area contributed by atoms with Crippen molar-refractivity contribution in [2.45, 2.75) is 31.8 Å². The van der Waals surface area contributed by atoms with E-state index in [2.05, 4.69) is 32.7 Å². The predicted molar refractivity (Wildman–Crippen MR) is 69.0 cm³/mol. The van der Waals surface area contributed by atoms with Crippen LogP contribution < -0.4 is 11.1 Å². The van der Waals surface area contributed by atoms with E-state index in [1.807, 2.05) is 0 Å². The Morgan fingerprint density at radius 2 is 2.40 bits per heavy atom. The highest BCUT2D eigenvalue weighted by molar-refractivity contribution is 9.10. The van der Waals surface area contributed by atoms with Gasteiger partial charge >= 0.3 is 0 Å². The van der Waals surface area contributed by atoms with Crippen LogP contribution >= 0.6 is 27.3 Å². The average molecular weight is 289 g/mol. The van der Waals surface area contributed by atoms with Gasteiger partial charge in [0.15, 0.2) is 0 Å². The van der Waals surface area contributed by atoms with Gasteiger partial charge in [0.25, 0.3) is 0 Å². The molecule has 0 aromatic carbocycles. The van der Waals surface area contributed by atoms with Gasteiger partial charge in [-0.3, -0.25) is 0 Å². The van der Waals surface area contributed by atoms with Crippen LogP contribution in [0.5, 0.6) is 0 Å². The van der Waals surface area contributed by atoms with E-state index in [0.717, 1.165) is 19.0 Å². The largest absolute Gasteiger partial charge is 0.328 e. The molecule has 2 unspecified atom stereocenters. The third-order valence-corrected chi connectivity index (χ3v) is 4.63. The summed E-state index contributed by atoms with van der Waals surface area (Å²) in [6.07, 6.45) is 3.69. The Hall–Kier alpha value is 0.1000. The van der Waals surface area contributed by atoms with Crippen LogP contribution in [0.4, 0.5) is 0 Å². The Morgan fingerprint density at radius 1 is 1.53 bits per heavy atom. The molecule has 0 spiro atoms. The topological polar surface area (TPSA) is 38.0 Å².